The first-order valence-electron chi connectivity index (χ1n) is 8.96. The summed E-state index contributed by atoms with van der Waals surface area (Å²) in [6.45, 7) is 4.83. The van der Waals surface area contributed by atoms with Crippen LogP contribution in [0.4, 0.5) is 0 Å². The number of fused-ring (bicyclic) bond motifs is 1. The number of rotatable bonds is 6. The minimum absolute atomic E-state index is 0.297. The predicted octanol–water partition coefficient (Wildman–Crippen LogP) is 1.83. The number of nitrogens with one attached hydrogen (secondary N) is 1. The molecule has 0 aliphatic carbocycles. The molecular formula is C19H26N4O2. The Labute approximate surface area is 148 Å². The molecule has 0 spiro atoms. The second kappa shape index (κ2) is 7.35. The van der Waals surface area contributed by atoms with Crippen molar-refractivity contribution < 1.29 is 9.90 Å². The van der Waals surface area contributed by atoms with Crippen molar-refractivity contribution in [2.45, 2.75) is 57.6 Å². The summed E-state index contributed by atoms with van der Waals surface area (Å²) in [7, 11) is 0. The second-order valence-corrected chi connectivity index (χ2v) is 6.93. The van der Waals surface area contributed by atoms with Crippen LogP contribution in [0.25, 0.3) is 0 Å². The number of hydrogen-bond donors (Lipinski definition) is 2. The molecule has 2 atom stereocenters. The van der Waals surface area contributed by atoms with E-state index in [1.165, 1.54) is 0 Å². The van der Waals surface area contributed by atoms with Crippen molar-refractivity contribution in [3.05, 3.63) is 47.5 Å². The molecular weight excluding hydrogens is 316 g/mol. The van der Waals surface area contributed by atoms with Crippen LogP contribution in [-0.4, -0.2) is 37.9 Å². The van der Waals surface area contributed by atoms with Crippen molar-refractivity contribution in [2.24, 2.45) is 0 Å². The summed E-state index contributed by atoms with van der Waals surface area (Å²) in [4.78, 5) is 12.5. The van der Waals surface area contributed by atoms with Crippen LogP contribution in [-0.2, 0) is 24.2 Å². The quantitative estimate of drug-likeness (QED) is 0.839. The van der Waals surface area contributed by atoms with E-state index in [0.717, 1.165) is 43.0 Å². The van der Waals surface area contributed by atoms with Crippen molar-refractivity contribution in [3.63, 3.8) is 0 Å². The van der Waals surface area contributed by atoms with E-state index >= 15 is 0 Å². The minimum Gasteiger partial charge on any atom is -0.380 e. The van der Waals surface area contributed by atoms with Gasteiger partial charge in [0.05, 0.1) is 0 Å². The number of aryl methyl sites for hydroxylation is 1. The molecule has 25 heavy (non-hydrogen) atoms. The number of nitrogens with zero attached hydrogens (tertiary/aromatic N) is 3. The maximum absolute atomic E-state index is 12.5. The largest absolute Gasteiger partial charge is 0.380 e. The maximum Gasteiger partial charge on any atom is 0.252 e. The molecule has 1 amide bonds. The molecule has 3 rings (SSSR count). The molecule has 2 N–H and O–H groups in total. The Kier molecular flexibility index (Phi) is 5.18. The van der Waals surface area contributed by atoms with Crippen LogP contribution in [0, 0.1) is 0 Å². The number of amides is 1. The Balaban J connectivity index is 1.57. The Hall–Kier alpha value is -2.21. The fourth-order valence-electron chi connectivity index (χ4n) is 3.28. The van der Waals surface area contributed by atoms with E-state index in [9.17, 15) is 9.90 Å². The zero-order valence-corrected chi connectivity index (χ0v) is 14.9. The smallest absolute Gasteiger partial charge is 0.252 e. The van der Waals surface area contributed by atoms with Gasteiger partial charge in [-0.2, -0.15) is 0 Å². The van der Waals surface area contributed by atoms with Crippen LogP contribution in [0.3, 0.4) is 0 Å². The Morgan fingerprint density at radius 1 is 1.32 bits per heavy atom. The molecule has 2 heterocycles. The van der Waals surface area contributed by atoms with Crippen molar-refractivity contribution in [1.82, 2.24) is 20.1 Å². The Morgan fingerprint density at radius 2 is 2.08 bits per heavy atom. The lowest BCUT2D eigenvalue weighted by atomic mass is 9.84. The van der Waals surface area contributed by atoms with Gasteiger partial charge in [-0.1, -0.05) is 37.3 Å². The summed E-state index contributed by atoms with van der Waals surface area (Å²) >= 11 is 0. The number of aromatic nitrogens is 3. The highest BCUT2D eigenvalue weighted by Gasteiger charge is 2.37. The predicted molar refractivity (Wildman–Crippen MR) is 95.2 cm³/mol. The van der Waals surface area contributed by atoms with Gasteiger partial charge in [-0.3, -0.25) is 4.79 Å². The summed E-state index contributed by atoms with van der Waals surface area (Å²) in [6.07, 6.45) is 3.90. The van der Waals surface area contributed by atoms with Gasteiger partial charge in [-0.15, -0.1) is 10.2 Å². The SMILES string of the molecule is C[C@@H](c1ccccc1)[C@](C)(O)C(=O)NCCc1nnc2n1CCCC2. The van der Waals surface area contributed by atoms with Crippen molar-refractivity contribution in [2.75, 3.05) is 6.54 Å². The van der Waals surface area contributed by atoms with Crippen LogP contribution in [0.2, 0.25) is 0 Å². The summed E-state index contributed by atoms with van der Waals surface area (Å²) < 4.78 is 2.15. The monoisotopic (exact) mass is 342 g/mol. The third-order valence-corrected chi connectivity index (χ3v) is 5.17. The molecule has 0 saturated heterocycles. The summed E-state index contributed by atoms with van der Waals surface area (Å²) in [5.74, 6) is 1.29. The number of aliphatic hydroxyl groups is 1. The average Bonchev–Trinajstić information content (AvgIpc) is 3.05. The molecule has 0 radical (unpaired) electrons. The number of carbonyl (C=O) groups is 1. The topological polar surface area (TPSA) is 80.0 Å². The fourth-order valence-corrected chi connectivity index (χ4v) is 3.28. The van der Waals surface area contributed by atoms with Gasteiger partial charge in [-0.05, 0) is 25.3 Å². The van der Waals surface area contributed by atoms with E-state index in [2.05, 4.69) is 20.1 Å². The molecule has 1 aliphatic rings. The van der Waals surface area contributed by atoms with Crippen LogP contribution in [0.1, 0.15) is 49.8 Å². The minimum atomic E-state index is -1.47. The molecule has 0 bridgehead atoms. The molecule has 0 unspecified atom stereocenters. The van der Waals surface area contributed by atoms with Gasteiger partial charge >= 0.3 is 0 Å². The highest BCUT2D eigenvalue weighted by atomic mass is 16.3. The van der Waals surface area contributed by atoms with E-state index in [1.54, 1.807) is 6.92 Å². The lowest BCUT2D eigenvalue weighted by Crippen LogP contribution is -2.48. The molecule has 0 fully saturated rings. The van der Waals surface area contributed by atoms with Crippen molar-refractivity contribution in [1.29, 1.82) is 0 Å². The molecule has 6 nitrogen and oxygen atoms in total. The van der Waals surface area contributed by atoms with E-state index < -0.39 is 5.60 Å². The van der Waals surface area contributed by atoms with Gasteiger partial charge in [0, 0.05) is 31.8 Å². The third-order valence-electron chi connectivity index (χ3n) is 5.17. The Bertz CT molecular complexity index is 724. The van der Waals surface area contributed by atoms with Crippen LogP contribution >= 0.6 is 0 Å². The van der Waals surface area contributed by atoms with Gasteiger partial charge in [-0.25, -0.2) is 0 Å². The maximum atomic E-state index is 12.5. The van der Waals surface area contributed by atoms with Gasteiger partial charge in [0.15, 0.2) is 0 Å². The third kappa shape index (κ3) is 3.74. The lowest BCUT2D eigenvalue weighted by molar-refractivity contribution is -0.139. The number of benzene rings is 1. The van der Waals surface area contributed by atoms with E-state index in [-0.39, 0.29) is 11.8 Å². The highest BCUT2D eigenvalue weighted by Crippen LogP contribution is 2.27. The zero-order chi connectivity index (χ0) is 17.9. The highest BCUT2D eigenvalue weighted by molar-refractivity contribution is 5.85. The van der Waals surface area contributed by atoms with Crippen molar-refractivity contribution in [3.8, 4) is 0 Å². The molecule has 0 saturated carbocycles. The molecule has 1 aromatic carbocycles. The first-order valence-corrected chi connectivity index (χ1v) is 8.96. The van der Waals surface area contributed by atoms with Crippen LogP contribution in [0.5, 0.6) is 0 Å². The lowest BCUT2D eigenvalue weighted by Gasteiger charge is -2.29. The average molecular weight is 342 g/mol. The number of carbonyl (C=O) groups excluding carboxylic acids is 1. The first kappa shape index (κ1) is 17.6. The summed E-state index contributed by atoms with van der Waals surface area (Å²) in [5, 5.41) is 22.0. The van der Waals surface area contributed by atoms with Crippen molar-refractivity contribution >= 4 is 5.91 Å². The molecule has 1 aliphatic heterocycles. The van der Waals surface area contributed by atoms with E-state index in [1.807, 2.05) is 37.3 Å². The van der Waals surface area contributed by atoms with Gasteiger partial charge in [0.1, 0.15) is 17.2 Å². The second-order valence-electron chi connectivity index (χ2n) is 6.93. The first-order chi connectivity index (χ1) is 12.0. The standard InChI is InChI=1S/C19H26N4O2/c1-14(15-8-4-3-5-9-15)19(2,25)18(24)20-12-11-17-22-21-16-10-6-7-13-23(16)17/h3-5,8-9,14,25H,6-7,10-13H2,1-2H3,(H,20,24)/t14-,19-/m0/s1. The van der Waals surface area contributed by atoms with E-state index in [4.69, 9.17) is 0 Å². The Morgan fingerprint density at radius 3 is 2.84 bits per heavy atom. The molecule has 134 valence electrons. The normalized spacial score (nSPS) is 17.4. The fraction of sp³-hybridized carbons (Fsp3) is 0.526. The van der Waals surface area contributed by atoms with Gasteiger partial charge in [0.2, 0.25) is 0 Å². The van der Waals surface area contributed by atoms with E-state index in [0.29, 0.717) is 13.0 Å². The number of hydrogen-bond acceptors (Lipinski definition) is 4. The molecule has 1 aromatic heterocycles. The van der Waals surface area contributed by atoms with Gasteiger partial charge < -0.3 is 15.0 Å². The molecule has 2 aromatic rings. The van der Waals surface area contributed by atoms with Crippen LogP contribution < -0.4 is 5.32 Å². The summed E-state index contributed by atoms with van der Waals surface area (Å²) in [5.41, 5.74) is -0.528. The molecule has 6 heteroatoms. The summed E-state index contributed by atoms with van der Waals surface area (Å²) in [6, 6.07) is 9.59. The zero-order valence-electron chi connectivity index (χ0n) is 14.9. The van der Waals surface area contributed by atoms with Crippen LogP contribution in [0.15, 0.2) is 30.3 Å². The van der Waals surface area contributed by atoms with Gasteiger partial charge in [0.25, 0.3) is 5.91 Å².